The maximum Gasteiger partial charge on any atom is 0.274 e. The van der Waals surface area contributed by atoms with Crippen LogP contribution in [0.1, 0.15) is 24.8 Å². The maximum atomic E-state index is 12.5. The highest BCUT2D eigenvalue weighted by molar-refractivity contribution is 5.79. The molecule has 0 bridgehead atoms. The first kappa shape index (κ1) is 15.4. The first-order valence-corrected chi connectivity index (χ1v) is 7.22. The summed E-state index contributed by atoms with van der Waals surface area (Å²) in [5, 5.41) is 11.0. The molecule has 0 heterocycles. The monoisotopic (exact) mass is 291 g/mol. The maximum absolute atomic E-state index is 12.5. The van der Waals surface area contributed by atoms with Gasteiger partial charge in [0, 0.05) is 24.6 Å². The van der Waals surface area contributed by atoms with E-state index in [1.165, 1.54) is 6.07 Å². The topological polar surface area (TPSA) is 89.5 Å². The zero-order valence-electron chi connectivity index (χ0n) is 12.2. The summed E-state index contributed by atoms with van der Waals surface area (Å²) in [4.78, 5) is 24.7. The van der Waals surface area contributed by atoms with Crippen LogP contribution in [0.2, 0.25) is 0 Å². The van der Waals surface area contributed by atoms with Gasteiger partial charge in [-0.05, 0) is 25.3 Å². The predicted molar refractivity (Wildman–Crippen MR) is 79.5 cm³/mol. The molecule has 1 saturated carbocycles. The fourth-order valence-corrected chi connectivity index (χ4v) is 3.08. The van der Waals surface area contributed by atoms with Crippen molar-refractivity contribution in [1.29, 1.82) is 0 Å². The number of hydrogen-bond acceptors (Lipinski definition) is 4. The van der Waals surface area contributed by atoms with E-state index in [0.717, 1.165) is 19.3 Å². The third-order valence-electron chi connectivity index (χ3n) is 4.25. The summed E-state index contributed by atoms with van der Waals surface area (Å²) >= 11 is 0. The predicted octanol–water partition coefficient (Wildman–Crippen LogP) is 1.93. The van der Waals surface area contributed by atoms with E-state index < -0.39 is 4.92 Å². The summed E-state index contributed by atoms with van der Waals surface area (Å²) < 4.78 is 0. The SMILES string of the molecule is CN(Cc1ccccc1[N+](=O)[O-])C(=O)C1CCCC1CN. The van der Waals surface area contributed by atoms with E-state index >= 15 is 0 Å². The van der Waals surface area contributed by atoms with Crippen LogP contribution in [-0.4, -0.2) is 29.3 Å². The van der Waals surface area contributed by atoms with E-state index in [1.54, 1.807) is 30.1 Å². The number of carbonyl (C=O) groups excluding carboxylic acids is 1. The van der Waals surface area contributed by atoms with Gasteiger partial charge in [-0.1, -0.05) is 24.6 Å². The van der Waals surface area contributed by atoms with E-state index in [4.69, 9.17) is 5.73 Å². The van der Waals surface area contributed by atoms with Gasteiger partial charge in [0.15, 0.2) is 0 Å². The molecule has 1 amide bonds. The Kier molecular flexibility index (Phi) is 4.90. The summed E-state index contributed by atoms with van der Waals surface area (Å²) in [7, 11) is 1.70. The summed E-state index contributed by atoms with van der Waals surface area (Å²) in [6.07, 6.45) is 2.88. The van der Waals surface area contributed by atoms with Crippen molar-refractivity contribution in [3.63, 3.8) is 0 Å². The Bertz CT molecular complexity index is 533. The second-order valence-corrected chi connectivity index (χ2v) is 5.61. The van der Waals surface area contributed by atoms with Crippen molar-refractivity contribution < 1.29 is 9.72 Å². The molecule has 0 aromatic heterocycles. The molecule has 0 saturated heterocycles. The lowest BCUT2D eigenvalue weighted by Gasteiger charge is -2.24. The van der Waals surface area contributed by atoms with Gasteiger partial charge in [0.05, 0.1) is 11.5 Å². The van der Waals surface area contributed by atoms with Crippen molar-refractivity contribution in [2.45, 2.75) is 25.8 Å². The number of para-hydroxylation sites is 1. The summed E-state index contributed by atoms with van der Waals surface area (Å²) in [6.45, 7) is 0.777. The molecule has 2 unspecified atom stereocenters. The fourth-order valence-electron chi connectivity index (χ4n) is 3.08. The minimum atomic E-state index is -0.411. The van der Waals surface area contributed by atoms with Crippen LogP contribution in [0.15, 0.2) is 24.3 Å². The molecule has 1 aliphatic carbocycles. The lowest BCUT2D eigenvalue weighted by Crippen LogP contribution is -2.36. The highest BCUT2D eigenvalue weighted by Crippen LogP contribution is 2.32. The molecule has 2 atom stereocenters. The molecule has 0 radical (unpaired) electrons. The van der Waals surface area contributed by atoms with Crippen molar-refractivity contribution in [2.75, 3.05) is 13.6 Å². The van der Waals surface area contributed by atoms with Gasteiger partial charge in [-0.2, -0.15) is 0 Å². The van der Waals surface area contributed by atoms with Gasteiger partial charge in [-0.3, -0.25) is 14.9 Å². The van der Waals surface area contributed by atoms with Crippen LogP contribution < -0.4 is 5.73 Å². The van der Waals surface area contributed by atoms with Crippen molar-refractivity contribution in [1.82, 2.24) is 4.90 Å². The number of amides is 1. The molecule has 114 valence electrons. The van der Waals surface area contributed by atoms with Gasteiger partial charge in [0.25, 0.3) is 5.69 Å². The van der Waals surface area contributed by atoms with Crippen LogP contribution in [0, 0.1) is 22.0 Å². The Morgan fingerprint density at radius 3 is 2.81 bits per heavy atom. The lowest BCUT2D eigenvalue weighted by atomic mass is 9.94. The van der Waals surface area contributed by atoms with Crippen molar-refractivity contribution in [3.05, 3.63) is 39.9 Å². The van der Waals surface area contributed by atoms with E-state index in [9.17, 15) is 14.9 Å². The zero-order valence-corrected chi connectivity index (χ0v) is 12.2. The van der Waals surface area contributed by atoms with E-state index in [2.05, 4.69) is 0 Å². The number of nitro groups is 1. The third-order valence-corrected chi connectivity index (χ3v) is 4.25. The Morgan fingerprint density at radius 2 is 2.14 bits per heavy atom. The van der Waals surface area contributed by atoms with E-state index in [0.29, 0.717) is 12.1 Å². The zero-order chi connectivity index (χ0) is 15.4. The van der Waals surface area contributed by atoms with Crippen LogP contribution in [0.4, 0.5) is 5.69 Å². The molecule has 1 aromatic carbocycles. The van der Waals surface area contributed by atoms with Crippen LogP contribution in [0.3, 0.4) is 0 Å². The van der Waals surface area contributed by atoms with Crippen molar-refractivity contribution in [2.24, 2.45) is 17.6 Å². The average molecular weight is 291 g/mol. The van der Waals surface area contributed by atoms with Gasteiger partial charge in [-0.15, -0.1) is 0 Å². The largest absolute Gasteiger partial charge is 0.341 e. The first-order chi connectivity index (χ1) is 10.0. The molecule has 1 aliphatic rings. The number of rotatable bonds is 5. The Hall–Kier alpha value is -1.95. The van der Waals surface area contributed by atoms with Crippen LogP contribution in [-0.2, 0) is 11.3 Å². The van der Waals surface area contributed by atoms with Crippen LogP contribution in [0.25, 0.3) is 0 Å². The Balaban J connectivity index is 2.09. The summed E-state index contributed by atoms with van der Waals surface area (Å²) in [6, 6.07) is 6.53. The van der Waals surface area contributed by atoms with Gasteiger partial charge >= 0.3 is 0 Å². The standard InChI is InChI=1S/C15H21N3O3/c1-17(15(19)13-7-4-6-11(13)9-16)10-12-5-2-3-8-14(12)18(20)21/h2-3,5,8,11,13H,4,6-7,9-10,16H2,1H3. The molecule has 6 heteroatoms. The van der Waals surface area contributed by atoms with Crippen LogP contribution >= 0.6 is 0 Å². The molecule has 2 N–H and O–H groups in total. The second kappa shape index (κ2) is 6.67. The number of benzene rings is 1. The first-order valence-electron chi connectivity index (χ1n) is 7.22. The second-order valence-electron chi connectivity index (χ2n) is 5.61. The molecule has 1 aromatic rings. The van der Waals surface area contributed by atoms with E-state index in [-0.39, 0.29) is 30.0 Å². The molecule has 21 heavy (non-hydrogen) atoms. The van der Waals surface area contributed by atoms with Crippen molar-refractivity contribution >= 4 is 11.6 Å². The smallest absolute Gasteiger partial charge is 0.274 e. The molecular weight excluding hydrogens is 270 g/mol. The molecule has 0 spiro atoms. The molecular formula is C15H21N3O3. The third kappa shape index (κ3) is 3.39. The number of carbonyl (C=O) groups is 1. The number of nitro benzene ring substituents is 1. The van der Waals surface area contributed by atoms with Crippen molar-refractivity contribution in [3.8, 4) is 0 Å². The average Bonchev–Trinajstić information content (AvgIpc) is 2.95. The van der Waals surface area contributed by atoms with Gasteiger partial charge in [0.2, 0.25) is 5.91 Å². The number of nitrogens with zero attached hydrogens (tertiary/aromatic N) is 2. The van der Waals surface area contributed by atoms with Crippen LogP contribution in [0.5, 0.6) is 0 Å². The molecule has 0 aliphatic heterocycles. The van der Waals surface area contributed by atoms with Gasteiger partial charge < -0.3 is 10.6 Å². The highest BCUT2D eigenvalue weighted by Gasteiger charge is 2.34. The van der Waals surface area contributed by atoms with Gasteiger partial charge in [0.1, 0.15) is 0 Å². The number of hydrogen-bond donors (Lipinski definition) is 1. The van der Waals surface area contributed by atoms with Gasteiger partial charge in [-0.25, -0.2) is 0 Å². The van der Waals surface area contributed by atoms with E-state index in [1.807, 2.05) is 0 Å². The summed E-state index contributed by atoms with van der Waals surface area (Å²) in [5.41, 5.74) is 6.33. The molecule has 1 fully saturated rings. The quantitative estimate of drug-likeness (QED) is 0.663. The Labute approximate surface area is 124 Å². The lowest BCUT2D eigenvalue weighted by molar-refractivity contribution is -0.385. The fraction of sp³-hybridized carbons (Fsp3) is 0.533. The minimum absolute atomic E-state index is 0.0391. The Morgan fingerprint density at radius 1 is 1.43 bits per heavy atom. The molecule has 2 rings (SSSR count). The summed E-state index contributed by atoms with van der Waals surface area (Å²) in [5.74, 6) is 0.245. The normalized spacial score (nSPS) is 21.2. The number of nitrogens with two attached hydrogens (primary N) is 1. The highest BCUT2D eigenvalue weighted by atomic mass is 16.6. The minimum Gasteiger partial charge on any atom is -0.341 e. The molecule has 6 nitrogen and oxygen atoms in total.